The number of para-hydroxylation sites is 1. The van der Waals surface area contributed by atoms with Crippen molar-refractivity contribution < 1.29 is 9.13 Å². The predicted molar refractivity (Wildman–Crippen MR) is 80.5 cm³/mol. The summed E-state index contributed by atoms with van der Waals surface area (Å²) in [4.78, 5) is 0. The molecule has 1 aromatic rings. The van der Waals surface area contributed by atoms with E-state index in [2.05, 4.69) is 19.2 Å². The normalized spacial score (nSPS) is 17.2. The van der Waals surface area contributed by atoms with Crippen LogP contribution in [0.25, 0.3) is 0 Å². The van der Waals surface area contributed by atoms with E-state index in [1.807, 2.05) is 6.07 Å². The van der Waals surface area contributed by atoms with Crippen LogP contribution in [0.2, 0.25) is 0 Å². The third-order valence-electron chi connectivity index (χ3n) is 3.84. The molecule has 2 nitrogen and oxygen atoms in total. The van der Waals surface area contributed by atoms with Crippen LogP contribution in [0.5, 0.6) is 5.75 Å². The van der Waals surface area contributed by atoms with Crippen molar-refractivity contribution in [2.45, 2.75) is 71.1 Å². The number of ether oxygens (including phenoxy) is 1. The van der Waals surface area contributed by atoms with Gasteiger partial charge in [0.05, 0.1) is 6.10 Å². The molecule has 0 radical (unpaired) electrons. The van der Waals surface area contributed by atoms with Gasteiger partial charge in [0.15, 0.2) is 11.6 Å². The summed E-state index contributed by atoms with van der Waals surface area (Å²) in [7, 11) is 0. The van der Waals surface area contributed by atoms with Crippen molar-refractivity contribution in [1.82, 2.24) is 5.32 Å². The molecule has 1 aliphatic rings. The predicted octanol–water partition coefficient (Wildman–Crippen LogP) is 4.43. The van der Waals surface area contributed by atoms with E-state index in [1.54, 1.807) is 6.07 Å². The smallest absolute Gasteiger partial charge is 0.165 e. The summed E-state index contributed by atoms with van der Waals surface area (Å²) in [5.74, 6) is 0.213. The Morgan fingerprint density at radius 1 is 1.20 bits per heavy atom. The zero-order valence-corrected chi connectivity index (χ0v) is 12.6. The van der Waals surface area contributed by atoms with Crippen LogP contribution >= 0.6 is 0 Å². The lowest BCUT2D eigenvalue weighted by Crippen LogP contribution is -2.23. The summed E-state index contributed by atoms with van der Waals surface area (Å²) in [6.45, 7) is 4.83. The van der Waals surface area contributed by atoms with Crippen molar-refractivity contribution in [3.8, 4) is 5.75 Å². The van der Waals surface area contributed by atoms with Gasteiger partial charge in [0, 0.05) is 18.2 Å². The molecule has 0 spiro atoms. The molecule has 0 bridgehead atoms. The first-order valence-electron chi connectivity index (χ1n) is 7.84. The molecule has 0 saturated heterocycles. The van der Waals surface area contributed by atoms with Crippen LogP contribution in [-0.2, 0) is 6.54 Å². The van der Waals surface area contributed by atoms with E-state index in [4.69, 9.17) is 4.74 Å². The lowest BCUT2D eigenvalue weighted by molar-refractivity contribution is 0.173. The largest absolute Gasteiger partial charge is 0.487 e. The van der Waals surface area contributed by atoms with Crippen LogP contribution < -0.4 is 10.1 Å². The average molecular weight is 279 g/mol. The van der Waals surface area contributed by atoms with E-state index in [0.29, 0.717) is 18.3 Å². The fourth-order valence-electron chi connectivity index (χ4n) is 2.67. The second-order valence-electron chi connectivity index (χ2n) is 6.00. The van der Waals surface area contributed by atoms with Crippen LogP contribution in [0.1, 0.15) is 57.9 Å². The van der Waals surface area contributed by atoms with Gasteiger partial charge in [-0.15, -0.1) is 0 Å². The fraction of sp³-hybridized carbons (Fsp3) is 0.647. The Kier molecular flexibility index (Phi) is 5.84. The molecular weight excluding hydrogens is 253 g/mol. The zero-order chi connectivity index (χ0) is 14.4. The molecule has 0 atom stereocenters. The summed E-state index contributed by atoms with van der Waals surface area (Å²) in [6.07, 6.45) is 7.21. The summed E-state index contributed by atoms with van der Waals surface area (Å²) in [5, 5.41) is 3.33. The fourth-order valence-corrected chi connectivity index (χ4v) is 2.67. The van der Waals surface area contributed by atoms with Gasteiger partial charge in [0.1, 0.15) is 0 Å². The maximum absolute atomic E-state index is 14.1. The van der Waals surface area contributed by atoms with Gasteiger partial charge < -0.3 is 10.1 Å². The second kappa shape index (κ2) is 7.63. The standard InChI is InChI=1S/C17H26FNO/c1-13(2)19-12-14-8-7-11-16(18)17(14)20-15-9-5-3-4-6-10-15/h7-8,11,13,15,19H,3-6,9-10,12H2,1-2H3. The SMILES string of the molecule is CC(C)NCc1cccc(F)c1OC1CCCCCC1. The summed E-state index contributed by atoms with van der Waals surface area (Å²) >= 11 is 0. The van der Waals surface area contributed by atoms with Crippen LogP contribution in [-0.4, -0.2) is 12.1 Å². The van der Waals surface area contributed by atoms with Crippen molar-refractivity contribution >= 4 is 0 Å². The molecule has 1 N–H and O–H groups in total. The number of nitrogens with one attached hydrogen (secondary N) is 1. The Bertz CT molecular complexity index is 411. The molecule has 1 aliphatic carbocycles. The molecule has 20 heavy (non-hydrogen) atoms. The van der Waals surface area contributed by atoms with E-state index < -0.39 is 0 Å². The van der Waals surface area contributed by atoms with Gasteiger partial charge in [-0.3, -0.25) is 0 Å². The number of halogens is 1. The molecular formula is C17H26FNO. The summed E-state index contributed by atoms with van der Waals surface area (Å²) < 4.78 is 20.1. The third kappa shape index (κ3) is 4.48. The van der Waals surface area contributed by atoms with Gasteiger partial charge in [-0.05, 0) is 31.7 Å². The summed E-state index contributed by atoms with van der Waals surface area (Å²) in [5.41, 5.74) is 0.919. The highest BCUT2D eigenvalue weighted by atomic mass is 19.1. The monoisotopic (exact) mass is 279 g/mol. The van der Waals surface area contributed by atoms with Crippen molar-refractivity contribution in [3.05, 3.63) is 29.6 Å². The first-order chi connectivity index (χ1) is 9.66. The highest BCUT2D eigenvalue weighted by Crippen LogP contribution is 2.28. The van der Waals surface area contributed by atoms with Gasteiger partial charge in [-0.25, -0.2) is 4.39 Å². The lowest BCUT2D eigenvalue weighted by atomic mass is 10.1. The molecule has 0 unspecified atom stereocenters. The van der Waals surface area contributed by atoms with Gasteiger partial charge in [0.25, 0.3) is 0 Å². The minimum Gasteiger partial charge on any atom is -0.487 e. The maximum Gasteiger partial charge on any atom is 0.165 e. The molecule has 2 rings (SSSR count). The van der Waals surface area contributed by atoms with Crippen molar-refractivity contribution in [2.24, 2.45) is 0 Å². The molecule has 1 fully saturated rings. The minimum absolute atomic E-state index is 0.173. The number of rotatable bonds is 5. The zero-order valence-electron chi connectivity index (χ0n) is 12.6. The first kappa shape index (κ1) is 15.3. The lowest BCUT2D eigenvalue weighted by Gasteiger charge is -2.20. The Morgan fingerprint density at radius 3 is 2.55 bits per heavy atom. The van der Waals surface area contributed by atoms with Crippen molar-refractivity contribution in [2.75, 3.05) is 0 Å². The molecule has 1 saturated carbocycles. The van der Waals surface area contributed by atoms with Gasteiger partial charge in [-0.2, -0.15) is 0 Å². The van der Waals surface area contributed by atoms with Crippen molar-refractivity contribution in [3.63, 3.8) is 0 Å². The Balaban J connectivity index is 2.07. The highest BCUT2D eigenvalue weighted by Gasteiger charge is 2.18. The summed E-state index contributed by atoms with van der Waals surface area (Å²) in [6, 6.07) is 5.58. The van der Waals surface area contributed by atoms with E-state index in [-0.39, 0.29) is 11.9 Å². The van der Waals surface area contributed by atoms with Crippen LogP contribution in [0.4, 0.5) is 4.39 Å². The second-order valence-corrected chi connectivity index (χ2v) is 6.00. The molecule has 0 amide bonds. The van der Waals surface area contributed by atoms with E-state index in [9.17, 15) is 4.39 Å². The highest BCUT2D eigenvalue weighted by molar-refractivity contribution is 5.35. The molecule has 0 aliphatic heterocycles. The molecule has 3 heteroatoms. The van der Waals surface area contributed by atoms with Gasteiger partial charge in [-0.1, -0.05) is 38.8 Å². The molecule has 0 aromatic heterocycles. The van der Waals surface area contributed by atoms with Crippen LogP contribution in [0, 0.1) is 5.82 Å². The Morgan fingerprint density at radius 2 is 1.90 bits per heavy atom. The minimum atomic E-state index is -0.239. The number of hydrogen-bond acceptors (Lipinski definition) is 2. The van der Waals surface area contributed by atoms with E-state index >= 15 is 0 Å². The first-order valence-corrected chi connectivity index (χ1v) is 7.84. The average Bonchev–Trinajstić information content (AvgIpc) is 2.68. The Labute approximate surface area is 121 Å². The Hall–Kier alpha value is -1.09. The molecule has 0 heterocycles. The van der Waals surface area contributed by atoms with Crippen LogP contribution in [0.15, 0.2) is 18.2 Å². The molecule has 1 aromatic carbocycles. The van der Waals surface area contributed by atoms with E-state index in [0.717, 1.165) is 18.4 Å². The maximum atomic E-state index is 14.1. The van der Waals surface area contributed by atoms with Crippen LogP contribution in [0.3, 0.4) is 0 Å². The van der Waals surface area contributed by atoms with E-state index in [1.165, 1.54) is 31.7 Å². The van der Waals surface area contributed by atoms with Gasteiger partial charge in [0.2, 0.25) is 0 Å². The van der Waals surface area contributed by atoms with Gasteiger partial charge >= 0.3 is 0 Å². The topological polar surface area (TPSA) is 21.3 Å². The van der Waals surface area contributed by atoms with Crippen molar-refractivity contribution in [1.29, 1.82) is 0 Å². The third-order valence-corrected chi connectivity index (χ3v) is 3.84. The quantitative estimate of drug-likeness (QED) is 0.805. The number of benzene rings is 1. The number of hydrogen-bond donors (Lipinski definition) is 1. The molecule has 112 valence electrons.